The maximum absolute atomic E-state index is 11.6. The van der Waals surface area contributed by atoms with Gasteiger partial charge in [-0.05, 0) is 37.3 Å². The zero-order valence-electron chi connectivity index (χ0n) is 17.1. The van der Waals surface area contributed by atoms with Crippen molar-refractivity contribution < 1.29 is 4.79 Å². The van der Waals surface area contributed by atoms with Gasteiger partial charge in [-0.25, -0.2) is 4.98 Å². The monoisotopic (exact) mass is 396 g/mol. The molecule has 1 saturated heterocycles. The van der Waals surface area contributed by atoms with Crippen molar-refractivity contribution in [1.82, 2.24) is 14.4 Å². The van der Waals surface area contributed by atoms with Crippen molar-refractivity contribution in [1.29, 1.82) is 0 Å². The highest BCUT2D eigenvalue weighted by atomic mass is 16.1. The zero-order chi connectivity index (χ0) is 20.5. The van der Waals surface area contributed by atoms with Crippen molar-refractivity contribution in [3.8, 4) is 22.4 Å². The third-order valence-corrected chi connectivity index (χ3v) is 5.87. The average molecular weight is 396 g/mol. The summed E-state index contributed by atoms with van der Waals surface area (Å²) in [5.74, 6) is 1.21. The number of anilines is 1. The lowest BCUT2D eigenvalue weighted by molar-refractivity contribution is 0.101. The molecule has 5 rings (SSSR count). The van der Waals surface area contributed by atoms with Crippen LogP contribution >= 0.6 is 0 Å². The first-order chi connectivity index (χ1) is 14.7. The predicted octanol–water partition coefficient (Wildman–Crippen LogP) is 5.26. The largest absolute Gasteiger partial charge is 0.356 e. The summed E-state index contributed by atoms with van der Waals surface area (Å²) >= 11 is 0. The number of rotatable bonds is 4. The van der Waals surface area contributed by atoms with Gasteiger partial charge in [-0.1, -0.05) is 48.5 Å². The molecule has 0 amide bonds. The lowest BCUT2D eigenvalue weighted by Crippen LogP contribution is -2.30. The van der Waals surface area contributed by atoms with E-state index in [-0.39, 0.29) is 5.78 Å². The highest BCUT2D eigenvalue weighted by Gasteiger charge is 2.18. The number of benzene rings is 2. The van der Waals surface area contributed by atoms with Crippen LogP contribution in [-0.2, 0) is 0 Å². The van der Waals surface area contributed by atoms with Gasteiger partial charge >= 0.3 is 0 Å². The lowest BCUT2D eigenvalue weighted by Gasteiger charge is -2.27. The highest BCUT2D eigenvalue weighted by Crippen LogP contribution is 2.34. The highest BCUT2D eigenvalue weighted by molar-refractivity contribution is 5.95. The van der Waals surface area contributed by atoms with Crippen molar-refractivity contribution >= 4 is 17.2 Å². The van der Waals surface area contributed by atoms with E-state index in [1.165, 1.54) is 19.3 Å². The number of carbonyl (C=O) groups is 1. The molecule has 0 atom stereocenters. The van der Waals surface area contributed by atoms with Gasteiger partial charge in [0.05, 0.1) is 6.20 Å². The Hall–Kier alpha value is -3.47. The number of ketones is 1. The maximum Gasteiger partial charge on any atom is 0.165 e. The molecule has 5 heteroatoms. The molecule has 0 N–H and O–H groups in total. The second-order valence-corrected chi connectivity index (χ2v) is 7.81. The van der Waals surface area contributed by atoms with Crippen molar-refractivity contribution in [3.63, 3.8) is 0 Å². The lowest BCUT2D eigenvalue weighted by atomic mass is 9.96. The number of piperidine rings is 1. The first-order valence-corrected chi connectivity index (χ1v) is 10.5. The molecule has 3 heterocycles. The Morgan fingerprint density at radius 1 is 0.900 bits per heavy atom. The van der Waals surface area contributed by atoms with Gasteiger partial charge in [0.1, 0.15) is 11.5 Å². The molecule has 0 unspecified atom stereocenters. The zero-order valence-corrected chi connectivity index (χ0v) is 17.1. The van der Waals surface area contributed by atoms with Gasteiger partial charge in [-0.15, -0.1) is 0 Å². The molecule has 2 aromatic heterocycles. The van der Waals surface area contributed by atoms with Crippen LogP contribution in [0.3, 0.4) is 0 Å². The minimum absolute atomic E-state index is 0.0731. The van der Waals surface area contributed by atoms with E-state index in [4.69, 9.17) is 9.97 Å². The number of fused-ring (bicyclic) bond motifs is 1. The summed E-state index contributed by atoms with van der Waals surface area (Å²) in [6.45, 7) is 3.74. The molecule has 30 heavy (non-hydrogen) atoms. The molecule has 0 saturated carbocycles. The summed E-state index contributed by atoms with van der Waals surface area (Å²) in [7, 11) is 0. The molecule has 4 aromatic rings. The fourth-order valence-electron chi connectivity index (χ4n) is 4.28. The molecule has 0 bridgehead atoms. The molecule has 2 aromatic carbocycles. The van der Waals surface area contributed by atoms with Crippen molar-refractivity contribution in [2.45, 2.75) is 26.2 Å². The standard InChI is InChI=1S/C25H24N4O/c1-18(30)19-9-11-20(12-10-19)21-7-3-4-8-22(21)24-25-27-17-23(29(25)16-13-26-24)28-14-5-2-6-15-28/h3-4,7-13,16-17H,2,5-6,14-15H2,1H3. The molecule has 0 aliphatic carbocycles. The number of imidazole rings is 1. The van der Waals surface area contributed by atoms with Crippen molar-refractivity contribution in [3.05, 3.63) is 72.7 Å². The maximum atomic E-state index is 11.6. The molecule has 1 fully saturated rings. The number of hydrogen-bond acceptors (Lipinski definition) is 4. The summed E-state index contributed by atoms with van der Waals surface area (Å²) < 4.78 is 2.16. The van der Waals surface area contributed by atoms with Crippen molar-refractivity contribution in [2.75, 3.05) is 18.0 Å². The smallest absolute Gasteiger partial charge is 0.165 e. The Labute approximate surface area is 176 Å². The number of aromatic nitrogens is 3. The SMILES string of the molecule is CC(=O)c1ccc(-c2ccccc2-c2nccn3c(N4CCCCC4)cnc23)cc1. The Morgan fingerprint density at radius 2 is 1.63 bits per heavy atom. The molecule has 1 aliphatic rings. The predicted molar refractivity (Wildman–Crippen MR) is 120 cm³/mol. The Balaban J connectivity index is 1.61. The van der Waals surface area contributed by atoms with E-state index >= 15 is 0 Å². The number of Topliss-reactive ketones (excluding diaryl/α,β-unsaturated/α-hetero) is 1. The van der Waals surface area contributed by atoms with Crippen LogP contribution in [0.25, 0.3) is 28.0 Å². The normalized spacial score (nSPS) is 14.2. The summed E-state index contributed by atoms with van der Waals surface area (Å²) in [6, 6.07) is 16.0. The van der Waals surface area contributed by atoms with Crippen LogP contribution in [0.5, 0.6) is 0 Å². The molecular weight excluding hydrogens is 372 g/mol. The van der Waals surface area contributed by atoms with E-state index in [2.05, 4.69) is 21.4 Å². The minimum Gasteiger partial charge on any atom is -0.356 e. The van der Waals surface area contributed by atoms with Gasteiger partial charge in [0.25, 0.3) is 0 Å². The van der Waals surface area contributed by atoms with E-state index in [9.17, 15) is 4.79 Å². The van der Waals surface area contributed by atoms with E-state index in [1.54, 1.807) is 6.92 Å². The fourth-order valence-corrected chi connectivity index (χ4v) is 4.28. The van der Waals surface area contributed by atoms with Crippen LogP contribution in [0.15, 0.2) is 67.1 Å². The number of nitrogens with zero attached hydrogens (tertiary/aromatic N) is 4. The summed E-state index contributed by atoms with van der Waals surface area (Å²) in [6.07, 6.45) is 9.58. The molecule has 1 aliphatic heterocycles. The first kappa shape index (κ1) is 18.6. The fraction of sp³-hybridized carbons (Fsp3) is 0.240. The Bertz CT molecular complexity index is 1200. The third-order valence-electron chi connectivity index (χ3n) is 5.87. The van der Waals surface area contributed by atoms with Gasteiger partial charge in [0.15, 0.2) is 11.4 Å². The van der Waals surface area contributed by atoms with Gasteiger partial charge in [0.2, 0.25) is 0 Å². The second kappa shape index (κ2) is 7.75. The molecule has 5 nitrogen and oxygen atoms in total. The van der Waals surface area contributed by atoms with Crippen LogP contribution in [0.2, 0.25) is 0 Å². The molecular formula is C25H24N4O. The van der Waals surface area contributed by atoms with Gasteiger partial charge in [0, 0.05) is 36.6 Å². The van der Waals surface area contributed by atoms with Gasteiger partial charge < -0.3 is 4.90 Å². The van der Waals surface area contributed by atoms with Crippen LogP contribution in [0.1, 0.15) is 36.5 Å². The Morgan fingerprint density at radius 3 is 2.37 bits per heavy atom. The van der Waals surface area contributed by atoms with Gasteiger partial charge in [-0.3, -0.25) is 14.2 Å². The topological polar surface area (TPSA) is 50.5 Å². The second-order valence-electron chi connectivity index (χ2n) is 7.81. The van der Waals surface area contributed by atoms with Crippen LogP contribution in [-0.4, -0.2) is 33.2 Å². The number of carbonyl (C=O) groups excluding carboxylic acids is 1. The summed E-state index contributed by atoms with van der Waals surface area (Å²) in [5, 5.41) is 0. The van der Waals surface area contributed by atoms with Crippen LogP contribution in [0, 0.1) is 0 Å². The molecule has 0 spiro atoms. The van der Waals surface area contributed by atoms with E-state index in [1.807, 2.05) is 55.0 Å². The van der Waals surface area contributed by atoms with E-state index < -0.39 is 0 Å². The van der Waals surface area contributed by atoms with Crippen molar-refractivity contribution in [2.24, 2.45) is 0 Å². The first-order valence-electron chi connectivity index (χ1n) is 10.5. The quantitative estimate of drug-likeness (QED) is 0.442. The molecule has 0 radical (unpaired) electrons. The summed E-state index contributed by atoms with van der Waals surface area (Å²) in [5.41, 5.74) is 5.63. The van der Waals surface area contributed by atoms with Gasteiger partial charge in [-0.2, -0.15) is 0 Å². The Kier molecular flexibility index (Phi) is 4.79. The number of hydrogen-bond donors (Lipinski definition) is 0. The van der Waals surface area contributed by atoms with E-state index in [0.717, 1.165) is 52.5 Å². The summed E-state index contributed by atoms with van der Waals surface area (Å²) in [4.78, 5) is 23.5. The van der Waals surface area contributed by atoms with Crippen LogP contribution in [0.4, 0.5) is 5.82 Å². The van der Waals surface area contributed by atoms with Crippen LogP contribution < -0.4 is 4.90 Å². The third kappa shape index (κ3) is 3.26. The molecule has 150 valence electrons. The average Bonchev–Trinajstić information content (AvgIpc) is 3.24. The van der Waals surface area contributed by atoms with E-state index in [0.29, 0.717) is 0 Å². The minimum atomic E-state index is 0.0731.